The van der Waals surface area contributed by atoms with Gasteiger partial charge in [0.1, 0.15) is 6.10 Å². The van der Waals surface area contributed by atoms with Crippen LogP contribution in [0.25, 0.3) is 11.0 Å². The van der Waals surface area contributed by atoms with Crippen molar-refractivity contribution in [2.24, 2.45) is 0 Å². The molecule has 3 rings (SSSR count). The summed E-state index contributed by atoms with van der Waals surface area (Å²) in [6.07, 6.45) is 2.39. The minimum absolute atomic E-state index is 0.473. The van der Waals surface area contributed by atoms with Crippen LogP contribution in [0.1, 0.15) is 17.2 Å². The summed E-state index contributed by atoms with van der Waals surface area (Å²) in [5.74, 6) is 0. The van der Waals surface area contributed by atoms with E-state index in [4.69, 9.17) is 23.2 Å². The third-order valence-electron chi connectivity index (χ3n) is 3.06. The van der Waals surface area contributed by atoms with Crippen molar-refractivity contribution in [3.63, 3.8) is 0 Å². The number of nitrogens with zero attached hydrogens (tertiary/aromatic N) is 2. The van der Waals surface area contributed by atoms with Crippen LogP contribution in [-0.2, 0) is 0 Å². The zero-order valence-corrected chi connectivity index (χ0v) is 11.8. The molecule has 0 saturated carbocycles. The highest BCUT2D eigenvalue weighted by molar-refractivity contribution is 6.33. The molecular weight excluding hydrogens is 295 g/mol. The van der Waals surface area contributed by atoms with E-state index in [0.717, 1.165) is 11.0 Å². The van der Waals surface area contributed by atoms with Crippen molar-refractivity contribution in [3.05, 3.63) is 70.0 Å². The summed E-state index contributed by atoms with van der Waals surface area (Å²) in [7, 11) is 0. The second-order valence-corrected chi connectivity index (χ2v) is 5.22. The van der Waals surface area contributed by atoms with Gasteiger partial charge < -0.3 is 5.11 Å². The number of hydrogen-bond acceptors (Lipinski definition) is 3. The molecule has 1 atom stereocenters. The molecule has 0 aliphatic carbocycles. The smallest absolute Gasteiger partial charge is 0.106 e. The van der Waals surface area contributed by atoms with Gasteiger partial charge in [-0.25, -0.2) is 0 Å². The normalized spacial score (nSPS) is 12.6. The summed E-state index contributed by atoms with van der Waals surface area (Å²) < 4.78 is 0. The number of rotatable bonds is 2. The standard InChI is InChI=1S/C15H10Cl2N2O/c16-10-2-3-12(17)11(8-10)15(20)9-1-4-13-14(7-9)19-6-5-18-13/h1-8,15,20H. The fraction of sp³-hybridized carbons (Fsp3) is 0.0667. The fourth-order valence-corrected chi connectivity index (χ4v) is 2.46. The van der Waals surface area contributed by atoms with E-state index in [0.29, 0.717) is 21.2 Å². The van der Waals surface area contributed by atoms with Crippen LogP contribution >= 0.6 is 23.2 Å². The maximum Gasteiger partial charge on any atom is 0.106 e. The van der Waals surface area contributed by atoms with E-state index in [1.807, 2.05) is 6.07 Å². The Bertz CT molecular complexity index is 777. The lowest BCUT2D eigenvalue weighted by Gasteiger charge is -2.14. The molecule has 0 aliphatic rings. The van der Waals surface area contributed by atoms with Gasteiger partial charge in [0.05, 0.1) is 11.0 Å². The lowest BCUT2D eigenvalue weighted by Crippen LogP contribution is -2.01. The van der Waals surface area contributed by atoms with Gasteiger partial charge in [0.15, 0.2) is 0 Å². The van der Waals surface area contributed by atoms with Crippen LogP contribution < -0.4 is 0 Å². The van der Waals surface area contributed by atoms with Gasteiger partial charge in [-0.05, 0) is 35.9 Å². The molecule has 0 amide bonds. The van der Waals surface area contributed by atoms with Crippen molar-refractivity contribution in [3.8, 4) is 0 Å². The maximum absolute atomic E-state index is 10.5. The van der Waals surface area contributed by atoms with Crippen LogP contribution in [0.2, 0.25) is 10.0 Å². The lowest BCUT2D eigenvalue weighted by molar-refractivity contribution is 0.220. The molecule has 1 aromatic heterocycles. The molecule has 1 N–H and O–H groups in total. The number of fused-ring (bicyclic) bond motifs is 1. The average Bonchev–Trinajstić information content (AvgIpc) is 2.48. The largest absolute Gasteiger partial charge is 0.384 e. The Morgan fingerprint density at radius 1 is 0.900 bits per heavy atom. The van der Waals surface area contributed by atoms with Crippen LogP contribution in [0.15, 0.2) is 48.8 Å². The fourth-order valence-electron chi connectivity index (χ4n) is 2.05. The first-order chi connectivity index (χ1) is 9.65. The molecule has 0 bridgehead atoms. The molecule has 3 nitrogen and oxygen atoms in total. The number of aromatic nitrogens is 2. The molecule has 3 aromatic rings. The number of aliphatic hydroxyl groups excluding tert-OH is 1. The molecule has 2 aromatic carbocycles. The molecule has 0 spiro atoms. The summed E-state index contributed by atoms with van der Waals surface area (Å²) in [6.45, 7) is 0. The van der Waals surface area contributed by atoms with E-state index in [2.05, 4.69) is 9.97 Å². The van der Waals surface area contributed by atoms with Crippen molar-refractivity contribution < 1.29 is 5.11 Å². The van der Waals surface area contributed by atoms with E-state index >= 15 is 0 Å². The highest BCUT2D eigenvalue weighted by atomic mass is 35.5. The van der Waals surface area contributed by atoms with Gasteiger partial charge in [-0.15, -0.1) is 0 Å². The third-order valence-corrected chi connectivity index (χ3v) is 3.64. The molecule has 1 heterocycles. The molecular formula is C15H10Cl2N2O. The molecule has 0 radical (unpaired) electrons. The lowest BCUT2D eigenvalue weighted by atomic mass is 10.0. The van der Waals surface area contributed by atoms with Crippen molar-refractivity contribution in [2.75, 3.05) is 0 Å². The number of halogens is 2. The Kier molecular flexibility index (Phi) is 3.57. The maximum atomic E-state index is 10.5. The van der Waals surface area contributed by atoms with Crippen molar-refractivity contribution in [1.29, 1.82) is 0 Å². The van der Waals surface area contributed by atoms with Crippen LogP contribution in [-0.4, -0.2) is 15.1 Å². The van der Waals surface area contributed by atoms with Crippen LogP contribution in [0, 0.1) is 0 Å². The summed E-state index contributed by atoms with van der Waals surface area (Å²) in [6, 6.07) is 10.4. The molecule has 0 aliphatic heterocycles. The van der Waals surface area contributed by atoms with E-state index < -0.39 is 6.10 Å². The summed E-state index contributed by atoms with van der Waals surface area (Å²) in [5.41, 5.74) is 2.77. The van der Waals surface area contributed by atoms with Crippen LogP contribution in [0.4, 0.5) is 0 Å². The van der Waals surface area contributed by atoms with Crippen molar-refractivity contribution in [2.45, 2.75) is 6.10 Å². The second kappa shape index (κ2) is 5.37. The van der Waals surface area contributed by atoms with Crippen molar-refractivity contribution in [1.82, 2.24) is 9.97 Å². The summed E-state index contributed by atoms with van der Waals surface area (Å²) in [4.78, 5) is 8.42. The molecule has 100 valence electrons. The van der Waals surface area contributed by atoms with Gasteiger partial charge in [-0.1, -0.05) is 29.3 Å². The van der Waals surface area contributed by atoms with Gasteiger partial charge >= 0.3 is 0 Å². The van der Waals surface area contributed by atoms with Crippen LogP contribution in [0.3, 0.4) is 0 Å². The van der Waals surface area contributed by atoms with E-state index in [1.54, 1.807) is 42.7 Å². The second-order valence-electron chi connectivity index (χ2n) is 4.37. The number of aliphatic hydroxyl groups is 1. The number of benzene rings is 2. The molecule has 0 fully saturated rings. The zero-order chi connectivity index (χ0) is 14.1. The first-order valence-electron chi connectivity index (χ1n) is 5.99. The quantitative estimate of drug-likeness (QED) is 0.778. The van der Waals surface area contributed by atoms with Gasteiger partial charge in [-0.3, -0.25) is 9.97 Å². The summed E-state index contributed by atoms with van der Waals surface area (Å²) in [5, 5.41) is 11.5. The Labute approximate surface area is 125 Å². The predicted octanol–water partition coefficient (Wildman–Crippen LogP) is 4.02. The first kappa shape index (κ1) is 13.3. The topological polar surface area (TPSA) is 46.0 Å². The summed E-state index contributed by atoms with van der Waals surface area (Å²) >= 11 is 12.1. The van der Waals surface area contributed by atoms with Gasteiger partial charge in [0.2, 0.25) is 0 Å². The monoisotopic (exact) mass is 304 g/mol. The minimum Gasteiger partial charge on any atom is -0.384 e. The van der Waals surface area contributed by atoms with Gasteiger partial charge in [-0.2, -0.15) is 0 Å². The highest BCUT2D eigenvalue weighted by Crippen LogP contribution is 2.31. The molecule has 0 saturated heterocycles. The van der Waals surface area contributed by atoms with E-state index in [-0.39, 0.29) is 0 Å². The number of hydrogen-bond donors (Lipinski definition) is 1. The van der Waals surface area contributed by atoms with Gasteiger partial charge in [0, 0.05) is 28.0 Å². The molecule has 5 heteroatoms. The minimum atomic E-state index is -0.854. The molecule has 1 unspecified atom stereocenters. The third kappa shape index (κ3) is 2.48. The Morgan fingerprint density at radius 3 is 2.45 bits per heavy atom. The van der Waals surface area contributed by atoms with E-state index in [1.165, 1.54) is 0 Å². The van der Waals surface area contributed by atoms with E-state index in [9.17, 15) is 5.11 Å². The zero-order valence-electron chi connectivity index (χ0n) is 10.3. The molecule has 20 heavy (non-hydrogen) atoms. The van der Waals surface area contributed by atoms with Gasteiger partial charge in [0.25, 0.3) is 0 Å². The SMILES string of the molecule is OC(c1ccc2nccnc2c1)c1cc(Cl)ccc1Cl. The predicted molar refractivity (Wildman–Crippen MR) is 80.1 cm³/mol. The Balaban J connectivity index is 2.07. The average molecular weight is 305 g/mol. The first-order valence-corrected chi connectivity index (χ1v) is 6.74. The Hall–Kier alpha value is -1.68. The van der Waals surface area contributed by atoms with Crippen molar-refractivity contribution >= 4 is 34.2 Å². The highest BCUT2D eigenvalue weighted by Gasteiger charge is 2.15. The van der Waals surface area contributed by atoms with Crippen LogP contribution in [0.5, 0.6) is 0 Å². The Morgan fingerprint density at radius 2 is 1.65 bits per heavy atom.